The summed E-state index contributed by atoms with van der Waals surface area (Å²) in [6.45, 7) is 3.38. The fraction of sp³-hybridized carbons (Fsp3) is 0.800. The predicted octanol–water partition coefficient (Wildman–Crippen LogP) is 3.23. The van der Waals surface area contributed by atoms with Crippen molar-refractivity contribution < 1.29 is 28.8 Å². The van der Waals surface area contributed by atoms with Crippen molar-refractivity contribution in [3.8, 4) is 0 Å². The normalized spacial score (nSPS) is 13.5. The summed E-state index contributed by atoms with van der Waals surface area (Å²) in [5, 5.41) is 17.6. The molecule has 1 unspecified atom stereocenters. The van der Waals surface area contributed by atoms with E-state index in [1.807, 2.05) is 0 Å². The Balaban J connectivity index is 5.07. The highest BCUT2D eigenvalue weighted by Crippen LogP contribution is 2.60. The first-order valence-electron chi connectivity index (χ1n) is 5.57. The molecule has 0 bridgehead atoms. The molecule has 2 N–H and O–H groups in total. The van der Waals surface area contributed by atoms with Crippen LogP contribution in [0.4, 0.5) is 0 Å². The Bertz CT molecular complexity index is 306. The molecular formula is C10H19O6PS2. The molecule has 0 spiro atoms. The number of hydrogen-bond donors (Lipinski definition) is 2. The summed E-state index contributed by atoms with van der Waals surface area (Å²) in [5.41, 5.74) is -1.29. The van der Waals surface area contributed by atoms with Crippen molar-refractivity contribution in [1.29, 1.82) is 0 Å². The number of carboxylic acids is 2. The molecular weight excluding hydrogens is 311 g/mol. The summed E-state index contributed by atoms with van der Waals surface area (Å²) in [6, 6.07) is 0. The maximum atomic E-state index is 11.5. The van der Waals surface area contributed by atoms with E-state index in [4.69, 9.17) is 9.05 Å². The van der Waals surface area contributed by atoms with Crippen LogP contribution in [0.1, 0.15) is 26.7 Å². The first-order chi connectivity index (χ1) is 8.89. The Morgan fingerprint density at radius 3 is 1.95 bits per heavy atom. The molecule has 112 valence electrons. The van der Waals surface area contributed by atoms with Crippen molar-refractivity contribution in [3.63, 3.8) is 0 Å². The third-order valence-electron chi connectivity index (χ3n) is 2.91. The smallest absolute Gasteiger partial charge is 0.318 e. The zero-order valence-electron chi connectivity index (χ0n) is 11.3. The van der Waals surface area contributed by atoms with E-state index in [0.29, 0.717) is 0 Å². The molecule has 0 heterocycles. The van der Waals surface area contributed by atoms with E-state index < -0.39 is 30.2 Å². The van der Waals surface area contributed by atoms with Gasteiger partial charge in [0.2, 0.25) is 7.58 Å². The molecule has 0 aliphatic rings. The van der Waals surface area contributed by atoms with Gasteiger partial charge in [-0.3, -0.25) is 9.59 Å². The monoisotopic (exact) mass is 330 g/mol. The minimum Gasteiger partial charge on any atom is -0.481 e. The third-order valence-corrected chi connectivity index (χ3v) is 8.53. The Morgan fingerprint density at radius 2 is 1.68 bits per heavy atom. The topological polar surface area (TPSA) is 93.1 Å². The summed E-state index contributed by atoms with van der Waals surface area (Å²) in [4.78, 5) is 22.9. The van der Waals surface area contributed by atoms with Crippen LogP contribution in [0.25, 0.3) is 0 Å². The lowest BCUT2D eigenvalue weighted by Crippen LogP contribution is -2.43. The number of rotatable bonds is 10. The molecule has 0 aliphatic carbocycles. The number of carboxylic acid groups (broad SMARTS) is 2. The van der Waals surface area contributed by atoms with Gasteiger partial charge >= 0.3 is 11.9 Å². The lowest BCUT2D eigenvalue weighted by molar-refractivity contribution is -0.155. The molecule has 0 aliphatic heterocycles. The van der Waals surface area contributed by atoms with E-state index in [2.05, 4.69) is 0 Å². The van der Waals surface area contributed by atoms with Crippen LogP contribution in [0, 0.1) is 5.41 Å². The lowest BCUT2D eigenvalue weighted by atomic mass is 9.79. The minimum atomic E-state index is -1.29. The molecule has 0 aromatic rings. The van der Waals surface area contributed by atoms with Crippen LogP contribution in [0.15, 0.2) is 0 Å². The first-order valence-corrected chi connectivity index (χ1v) is 9.57. The molecule has 19 heavy (non-hydrogen) atoms. The Morgan fingerprint density at radius 1 is 1.21 bits per heavy atom. The van der Waals surface area contributed by atoms with Crippen molar-refractivity contribution in [2.75, 3.05) is 14.2 Å². The van der Waals surface area contributed by atoms with Gasteiger partial charge in [0.25, 0.3) is 0 Å². The molecule has 6 nitrogen and oxygen atoms in total. The van der Waals surface area contributed by atoms with Crippen molar-refractivity contribution in [2.24, 2.45) is 5.41 Å². The van der Waals surface area contributed by atoms with Crippen molar-refractivity contribution in [2.45, 2.75) is 31.9 Å². The van der Waals surface area contributed by atoms with Crippen LogP contribution in [0.3, 0.4) is 0 Å². The standard InChI is InChI=1S/C10H19O6PS2/c1-5-10(6-2,9(13)14)7(8(11)12)18-19-17(15-3)16-4/h7H,5-6H2,1-4H3,(H,11,12)(H,13,14). The largest absolute Gasteiger partial charge is 0.481 e. The molecule has 9 heteroatoms. The van der Waals surface area contributed by atoms with E-state index in [0.717, 1.165) is 21.2 Å². The molecule has 0 saturated carbocycles. The number of aliphatic carboxylic acids is 2. The SMILES string of the molecule is CCC(CC)(C(=O)O)C(SSP(OC)OC)C(=O)O. The molecule has 0 saturated heterocycles. The highest BCUT2D eigenvalue weighted by molar-refractivity contribution is 8.98. The average Bonchev–Trinajstić information content (AvgIpc) is 2.38. The van der Waals surface area contributed by atoms with Gasteiger partial charge in [0.1, 0.15) is 5.25 Å². The summed E-state index contributed by atoms with van der Waals surface area (Å²) < 4.78 is 10.0. The maximum Gasteiger partial charge on any atom is 0.318 e. The molecule has 0 aromatic carbocycles. The van der Waals surface area contributed by atoms with Gasteiger partial charge in [0.15, 0.2) is 0 Å². The Labute approximate surface area is 121 Å². The van der Waals surface area contributed by atoms with Gasteiger partial charge in [-0.05, 0) is 23.3 Å². The second-order valence-corrected chi connectivity index (χ2v) is 8.90. The van der Waals surface area contributed by atoms with Gasteiger partial charge in [0, 0.05) is 14.2 Å². The molecule has 0 rings (SSSR count). The second-order valence-electron chi connectivity index (χ2n) is 3.65. The van der Waals surface area contributed by atoms with E-state index in [-0.39, 0.29) is 12.8 Å². The molecule has 0 radical (unpaired) electrons. The second kappa shape index (κ2) is 9.02. The van der Waals surface area contributed by atoms with Gasteiger partial charge in [-0.15, -0.1) is 0 Å². The van der Waals surface area contributed by atoms with E-state index in [9.17, 15) is 19.8 Å². The van der Waals surface area contributed by atoms with Gasteiger partial charge in [0.05, 0.1) is 5.41 Å². The Hall–Kier alpha value is -0.0100. The molecule has 1 atom stereocenters. The van der Waals surface area contributed by atoms with Crippen molar-refractivity contribution in [1.82, 2.24) is 0 Å². The summed E-state index contributed by atoms with van der Waals surface area (Å²) in [5.74, 6) is -2.22. The fourth-order valence-corrected chi connectivity index (χ4v) is 6.88. The van der Waals surface area contributed by atoms with Crippen LogP contribution in [-0.2, 0) is 18.6 Å². The predicted molar refractivity (Wildman–Crippen MR) is 78.2 cm³/mol. The van der Waals surface area contributed by atoms with Crippen LogP contribution >= 0.6 is 28.8 Å². The van der Waals surface area contributed by atoms with Gasteiger partial charge in [-0.1, -0.05) is 24.6 Å². The highest BCUT2D eigenvalue weighted by Gasteiger charge is 2.48. The summed E-state index contributed by atoms with van der Waals surface area (Å²) in [6.07, 6.45) is 0.502. The minimum absolute atomic E-state index is 0.251. The Kier molecular flexibility index (Phi) is 9.02. The number of carbonyl (C=O) groups is 2. The van der Waals surface area contributed by atoms with Gasteiger partial charge < -0.3 is 19.3 Å². The van der Waals surface area contributed by atoms with Crippen molar-refractivity contribution in [3.05, 3.63) is 0 Å². The van der Waals surface area contributed by atoms with Crippen LogP contribution in [0.5, 0.6) is 0 Å². The van der Waals surface area contributed by atoms with Crippen LogP contribution in [0.2, 0.25) is 0 Å². The van der Waals surface area contributed by atoms with Crippen molar-refractivity contribution >= 4 is 40.7 Å². The molecule has 0 fully saturated rings. The zero-order valence-corrected chi connectivity index (χ0v) is 13.8. The highest BCUT2D eigenvalue weighted by atomic mass is 33.3. The first kappa shape index (κ1) is 19.0. The zero-order chi connectivity index (χ0) is 15.1. The number of hydrogen-bond acceptors (Lipinski definition) is 6. The van der Waals surface area contributed by atoms with Crippen LogP contribution in [-0.4, -0.2) is 41.6 Å². The average molecular weight is 330 g/mol. The van der Waals surface area contributed by atoms with Gasteiger partial charge in [-0.2, -0.15) is 0 Å². The maximum absolute atomic E-state index is 11.5. The molecule has 0 aromatic heterocycles. The molecule has 0 amide bonds. The van der Waals surface area contributed by atoms with Gasteiger partial charge in [-0.25, -0.2) is 0 Å². The fourth-order valence-electron chi connectivity index (χ4n) is 1.62. The quantitative estimate of drug-likeness (QED) is 0.466. The van der Waals surface area contributed by atoms with E-state index >= 15 is 0 Å². The lowest BCUT2D eigenvalue weighted by Gasteiger charge is -2.32. The summed E-state index contributed by atoms with van der Waals surface area (Å²) in [7, 11) is 3.77. The third kappa shape index (κ3) is 4.79. The van der Waals surface area contributed by atoms with E-state index in [1.165, 1.54) is 14.2 Å². The summed E-state index contributed by atoms with van der Waals surface area (Å²) >= 11 is 0. The van der Waals surface area contributed by atoms with E-state index in [1.54, 1.807) is 13.8 Å². The van der Waals surface area contributed by atoms with Crippen LogP contribution < -0.4 is 0 Å².